The first-order valence-electron chi connectivity index (χ1n) is 4.59. The van der Waals surface area contributed by atoms with E-state index in [1.54, 1.807) is 24.5 Å². The molecule has 1 aromatic heterocycles. The average molecular weight is 388 g/mol. The lowest BCUT2D eigenvalue weighted by Crippen LogP contribution is -2.04. The Morgan fingerprint density at radius 2 is 1.88 bits per heavy atom. The van der Waals surface area contributed by atoms with Gasteiger partial charge in [-0.15, -0.1) is 0 Å². The maximum atomic E-state index is 12.2. The molecule has 1 heterocycles. The maximum absolute atomic E-state index is 12.2. The van der Waals surface area contributed by atoms with E-state index < -0.39 is 0 Å². The molecule has 0 spiro atoms. The molecule has 0 aliphatic carbocycles. The highest BCUT2D eigenvalue weighted by Crippen LogP contribution is 2.24. The summed E-state index contributed by atoms with van der Waals surface area (Å²) in [6.45, 7) is 0. The molecule has 0 saturated heterocycles. The number of hydrogen-bond acceptors (Lipinski definition) is 2. The summed E-state index contributed by atoms with van der Waals surface area (Å²) in [6.07, 6.45) is 3.24. The predicted molar refractivity (Wildman–Crippen MR) is 74.5 cm³/mol. The van der Waals surface area contributed by atoms with Crippen molar-refractivity contribution in [2.75, 3.05) is 0 Å². The predicted octanol–water partition coefficient (Wildman–Crippen LogP) is 3.68. The summed E-state index contributed by atoms with van der Waals surface area (Å²) >= 11 is 5.57. The number of benzene rings is 1. The van der Waals surface area contributed by atoms with Gasteiger partial charge in [-0.25, -0.2) is 0 Å². The number of halogens is 2. The second kappa shape index (κ2) is 5.05. The fourth-order valence-corrected chi connectivity index (χ4v) is 3.02. The van der Waals surface area contributed by atoms with Crippen LogP contribution in [0, 0.1) is 3.57 Å². The Morgan fingerprint density at radius 3 is 2.50 bits per heavy atom. The van der Waals surface area contributed by atoms with Gasteiger partial charge in [-0.2, -0.15) is 0 Å². The standard InChI is InChI=1S/C12H7BrINO/c13-9-2-1-3-10(14)11(9)12(16)8-4-6-15-7-5-8/h1-7H. The van der Waals surface area contributed by atoms with Crippen LogP contribution < -0.4 is 0 Å². The quantitative estimate of drug-likeness (QED) is 0.581. The van der Waals surface area contributed by atoms with Crippen molar-refractivity contribution in [3.8, 4) is 0 Å². The third-order valence-corrected chi connectivity index (χ3v) is 3.69. The Bertz CT molecular complexity index is 508. The first kappa shape index (κ1) is 11.7. The van der Waals surface area contributed by atoms with Crippen molar-refractivity contribution < 1.29 is 4.79 Å². The average Bonchev–Trinajstić information content (AvgIpc) is 2.30. The van der Waals surface area contributed by atoms with Gasteiger partial charge in [0.15, 0.2) is 5.78 Å². The van der Waals surface area contributed by atoms with Crippen LogP contribution in [-0.2, 0) is 0 Å². The minimum absolute atomic E-state index is 0.0132. The molecular weight excluding hydrogens is 381 g/mol. The smallest absolute Gasteiger partial charge is 0.195 e. The molecule has 1 aromatic carbocycles. The minimum Gasteiger partial charge on any atom is -0.289 e. The van der Waals surface area contributed by atoms with E-state index in [0.717, 1.165) is 8.04 Å². The normalized spacial score (nSPS) is 10.1. The molecule has 16 heavy (non-hydrogen) atoms. The SMILES string of the molecule is O=C(c1ccncc1)c1c(Br)cccc1I. The van der Waals surface area contributed by atoms with Crippen LogP contribution in [0.3, 0.4) is 0 Å². The van der Waals surface area contributed by atoms with Crippen LogP contribution in [-0.4, -0.2) is 10.8 Å². The Morgan fingerprint density at radius 1 is 1.19 bits per heavy atom. The molecule has 2 nitrogen and oxygen atoms in total. The van der Waals surface area contributed by atoms with E-state index in [9.17, 15) is 4.79 Å². The number of pyridine rings is 1. The van der Waals surface area contributed by atoms with Crippen molar-refractivity contribution in [1.82, 2.24) is 4.98 Å². The molecule has 0 atom stereocenters. The summed E-state index contributed by atoms with van der Waals surface area (Å²) in [4.78, 5) is 16.1. The third-order valence-electron chi connectivity index (χ3n) is 2.13. The summed E-state index contributed by atoms with van der Waals surface area (Å²) in [5, 5.41) is 0. The van der Waals surface area contributed by atoms with Crippen molar-refractivity contribution in [3.63, 3.8) is 0 Å². The van der Waals surface area contributed by atoms with Gasteiger partial charge in [-0.3, -0.25) is 9.78 Å². The molecule has 0 bridgehead atoms. The van der Waals surface area contributed by atoms with Gasteiger partial charge in [0.1, 0.15) is 0 Å². The van der Waals surface area contributed by atoms with Crippen LogP contribution >= 0.6 is 38.5 Å². The molecule has 0 amide bonds. The Balaban J connectivity index is 2.50. The molecule has 0 saturated carbocycles. The lowest BCUT2D eigenvalue weighted by Gasteiger charge is -2.05. The number of carbonyl (C=O) groups excluding carboxylic acids is 1. The number of nitrogens with zero attached hydrogens (tertiary/aromatic N) is 1. The number of ketones is 1. The minimum atomic E-state index is 0.0132. The molecule has 4 heteroatoms. The highest BCUT2D eigenvalue weighted by atomic mass is 127. The van der Waals surface area contributed by atoms with Crippen molar-refractivity contribution in [3.05, 3.63) is 61.9 Å². The van der Waals surface area contributed by atoms with Gasteiger partial charge in [0.05, 0.1) is 5.56 Å². The van der Waals surface area contributed by atoms with Crippen LogP contribution in [0.1, 0.15) is 15.9 Å². The Labute approximate surface area is 115 Å². The van der Waals surface area contributed by atoms with Gasteiger partial charge < -0.3 is 0 Å². The molecule has 0 radical (unpaired) electrons. The lowest BCUT2D eigenvalue weighted by molar-refractivity contribution is 0.103. The molecule has 80 valence electrons. The first-order chi connectivity index (χ1) is 7.70. The van der Waals surface area contributed by atoms with Gasteiger partial charge in [-0.1, -0.05) is 6.07 Å². The number of rotatable bonds is 2. The summed E-state index contributed by atoms with van der Waals surface area (Å²) in [7, 11) is 0. The van der Waals surface area contributed by atoms with Gasteiger partial charge in [-0.05, 0) is 62.8 Å². The van der Waals surface area contributed by atoms with Crippen molar-refractivity contribution in [2.24, 2.45) is 0 Å². The summed E-state index contributed by atoms with van der Waals surface area (Å²) in [6, 6.07) is 9.14. The summed E-state index contributed by atoms with van der Waals surface area (Å²) in [5.74, 6) is 0.0132. The highest BCUT2D eigenvalue weighted by molar-refractivity contribution is 14.1. The van der Waals surface area contributed by atoms with Crippen LogP contribution in [0.2, 0.25) is 0 Å². The van der Waals surface area contributed by atoms with Crippen molar-refractivity contribution in [1.29, 1.82) is 0 Å². The molecule has 2 aromatic rings. The van der Waals surface area contributed by atoms with Crippen LogP contribution in [0.15, 0.2) is 47.2 Å². The zero-order valence-corrected chi connectivity index (χ0v) is 11.9. The molecular formula is C12H7BrINO. The first-order valence-corrected chi connectivity index (χ1v) is 6.46. The molecule has 0 unspecified atom stereocenters. The van der Waals surface area contributed by atoms with E-state index in [1.165, 1.54) is 0 Å². The van der Waals surface area contributed by atoms with E-state index in [1.807, 2.05) is 18.2 Å². The molecule has 0 aliphatic rings. The summed E-state index contributed by atoms with van der Waals surface area (Å²) < 4.78 is 1.76. The third kappa shape index (κ3) is 2.32. The van der Waals surface area contributed by atoms with Crippen LogP contribution in [0.4, 0.5) is 0 Å². The van der Waals surface area contributed by atoms with E-state index in [0.29, 0.717) is 11.1 Å². The van der Waals surface area contributed by atoms with E-state index in [-0.39, 0.29) is 5.78 Å². The number of hydrogen-bond donors (Lipinski definition) is 0. The van der Waals surface area contributed by atoms with Gasteiger partial charge in [0.2, 0.25) is 0 Å². The van der Waals surface area contributed by atoms with E-state index in [4.69, 9.17) is 0 Å². The fraction of sp³-hybridized carbons (Fsp3) is 0. The van der Waals surface area contributed by atoms with E-state index in [2.05, 4.69) is 43.5 Å². The largest absolute Gasteiger partial charge is 0.289 e. The Hall–Kier alpha value is -0.750. The zero-order valence-electron chi connectivity index (χ0n) is 8.15. The Kier molecular flexibility index (Phi) is 3.70. The zero-order chi connectivity index (χ0) is 11.5. The number of carbonyl (C=O) groups is 1. The molecule has 0 N–H and O–H groups in total. The topological polar surface area (TPSA) is 30.0 Å². The molecule has 2 rings (SSSR count). The van der Waals surface area contributed by atoms with Gasteiger partial charge in [0, 0.05) is 26.0 Å². The second-order valence-electron chi connectivity index (χ2n) is 3.16. The molecule has 0 fully saturated rings. The van der Waals surface area contributed by atoms with Crippen molar-refractivity contribution in [2.45, 2.75) is 0 Å². The second-order valence-corrected chi connectivity index (χ2v) is 5.18. The van der Waals surface area contributed by atoms with E-state index >= 15 is 0 Å². The highest BCUT2D eigenvalue weighted by Gasteiger charge is 2.15. The van der Waals surface area contributed by atoms with Crippen molar-refractivity contribution >= 4 is 44.3 Å². The van der Waals surface area contributed by atoms with Crippen LogP contribution in [0.5, 0.6) is 0 Å². The fourth-order valence-electron chi connectivity index (χ4n) is 1.36. The summed E-state index contributed by atoms with van der Waals surface area (Å²) in [5.41, 5.74) is 1.36. The monoisotopic (exact) mass is 387 g/mol. The molecule has 0 aliphatic heterocycles. The van der Waals surface area contributed by atoms with Gasteiger partial charge in [0.25, 0.3) is 0 Å². The van der Waals surface area contributed by atoms with Crippen LogP contribution in [0.25, 0.3) is 0 Å². The van der Waals surface area contributed by atoms with Gasteiger partial charge >= 0.3 is 0 Å². The maximum Gasteiger partial charge on any atom is 0.195 e. The number of aromatic nitrogens is 1. The lowest BCUT2D eigenvalue weighted by atomic mass is 10.1.